The largest absolute Gasteiger partial charge is 0.347 e. The fourth-order valence-electron chi connectivity index (χ4n) is 6.28. The molecule has 0 saturated carbocycles. The number of allylic oxidation sites excluding steroid dienone is 4. The van der Waals surface area contributed by atoms with Crippen LogP contribution in [0.2, 0.25) is 0 Å². The first-order valence-electron chi connectivity index (χ1n) is 8.87. The molecule has 0 spiro atoms. The fraction of sp³-hybridized carbons (Fsp3) is 0.400. The van der Waals surface area contributed by atoms with Gasteiger partial charge in [-0.3, -0.25) is 0 Å². The molecule has 1 aromatic heterocycles. The summed E-state index contributed by atoms with van der Waals surface area (Å²) in [5, 5.41) is 0. The van der Waals surface area contributed by atoms with Crippen LogP contribution >= 0.6 is 0 Å². The van der Waals surface area contributed by atoms with Crippen molar-refractivity contribution in [3.8, 4) is 0 Å². The van der Waals surface area contributed by atoms with Crippen molar-refractivity contribution in [3.05, 3.63) is 80.7 Å². The zero-order chi connectivity index (χ0) is 17.2. The summed E-state index contributed by atoms with van der Waals surface area (Å²) < 4.78 is 4.66. The van der Waals surface area contributed by atoms with E-state index >= 15 is 0 Å². The van der Waals surface area contributed by atoms with Crippen molar-refractivity contribution >= 4 is 0 Å². The molecule has 2 aliphatic heterocycles. The van der Waals surface area contributed by atoms with Crippen LogP contribution in [-0.4, -0.2) is 13.9 Å². The van der Waals surface area contributed by atoms with Crippen molar-refractivity contribution in [2.45, 2.75) is 36.8 Å². The summed E-state index contributed by atoms with van der Waals surface area (Å²) in [6.45, 7) is 2.11. The first kappa shape index (κ1) is 13.7. The van der Waals surface area contributed by atoms with Crippen LogP contribution in [0.4, 0.5) is 0 Å². The number of hydrogen-bond acceptors (Lipinski definition) is 2. The van der Waals surface area contributed by atoms with Crippen molar-refractivity contribution < 1.29 is 0 Å². The molecule has 3 heterocycles. The average Bonchev–Trinajstić information content (AvgIpc) is 2.82. The van der Waals surface area contributed by atoms with Crippen LogP contribution in [0.1, 0.15) is 30.5 Å². The van der Waals surface area contributed by atoms with Crippen molar-refractivity contribution in [1.29, 1.82) is 0 Å². The predicted octanol–water partition coefficient (Wildman–Crippen LogP) is 1.63. The van der Waals surface area contributed by atoms with E-state index in [0.29, 0.717) is 0 Å². The Bertz CT molecular complexity index is 1150. The highest BCUT2D eigenvalue weighted by atomic mass is 16.2. The molecule has 4 atom stereocenters. The van der Waals surface area contributed by atoms with E-state index in [1.807, 2.05) is 0 Å². The molecule has 4 unspecified atom stereocenters. The van der Waals surface area contributed by atoms with Gasteiger partial charge in [0.25, 0.3) is 0 Å². The summed E-state index contributed by atoms with van der Waals surface area (Å²) in [5.41, 5.74) is 1.28. The van der Waals surface area contributed by atoms with Crippen LogP contribution in [0, 0.1) is 5.41 Å². The molecule has 0 saturated heterocycles. The molecule has 2 aromatic rings. The Morgan fingerprint density at radius 2 is 1.88 bits per heavy atom. The average molecular weight is 333 g/mol. The summed E-state index contributed by atoms with van der Waals surface area (Å²) in [5.74, 6) is 0. The summed E-state index contributed by atoms with van der Waals surface area (Å²) in [6, 6.07) is 8.49. The van der Waals surface area contributed by atoms with Gasteiger partial charge in [0.1, 0.15) is 0 Å². The molecule has 1 aromatic carbocycles. The number of hydrogen-bond donors (Lipinski definition) is 0. The smallest absolute Gasteiger partial charge is 0.246 e. The van der Waals surface area contributed by atoms with Crippen LogP contribution in [0.15, 0.2) is 58.2 Å². The number of aryl methyl sites for hydroxylation is 1. The molecule has 7 rings (SSSR count). The van der Waals surface area contributed by atoms with Gasteiger partial charge >= 0.3 is 11.4 Å². The molecule has 5 nitrogen and oxygen atoms in total. The second kappa shape index (κ2) is 3.66. The summed E-state index contributed by atoms with van der Waals surface area (Å²) in [7, 11) is 1.58. The quantitative estimate of drug-likeness (QED) is 0.688. The normalized spacial score (nSPS) is 38.6. The fourth-order valence-corrected chi connectivity index (χ4v) is 6.28. The zero-order valence-electron chi connectivity index (χ0n) is 14.3. The van der Waals surface area contributed by atoms with Gasteiger partial charge in [-0.2, -0.15) is 0 Å². The first-order chi connectivity index (χ1) is 12.0. The Morgan fingerprint density at radius 1 is 1.08 bits per heavy atom. The van der Waals surface area contributed by atoms with E-state index in [9.17, 15) is 9.59 Å². The molecule has 0 amide bonds. The molecular weight excluding hydrogens is 314 g/mol. The first-order valence-corrected chi connectivity index (χ1v) is 8.87. The predicted molar refractivity (Wildman–Crippen MR) is 93.8 cm³/mol. The van der Waals surface area contributed by atoms with Crippen LogP contribution in [0.3, 0.4) is 0 Å². The number of benzene rings is 1. The van der Waals surface area contributed by atoms with Crippen molar-refractivity contribution in [2.24, 2.45) is 12.5 Å². The number of rotatable bonds is 0. The molecular formula is C20H19N3O2. The third kappa shape index (κ3) is 1.06. The van der Waals surface area contributed by atoms with E-state index in [0.717, 1.165) is 12.8 Å². The molecule has 3 aliphatic carbocycles. The Balaban J connectivity index is 1.82. The van der Waals surface area contributed by atoms with E-state index in [1.54, 1.807) is 16.4 Å². The number of nitrogens with zero attached hydrogens (tertiary/aromatic N) is 3. The SMILES string of the molecule is Cn1c(=O)n2n(c1=O)C1(C)C=CC2C23C=CC21c1ccccc1CC3. The van der Waals surface area contributed by atoms with Gasteiger partial charge in [0.2, 0.25) is 0 Å². The lowest BCUT2D eigenvalue weighted by Gasteiger charge is -2.71. The van der Waals surface area contributed by atoms with Gasteiger partial charge in [-0.25, -0.2) is 23.5 Å². The maximum atomic E-state index is 12.9. The van der Waals surface area contributed by atoms with E-state index in [-0.39, 0.29) is 28.3 Å². The summed E-state index contributed by atoms with van der Waals surface area (Å²) in [6.07, 6.45) is 10.9. The van der Waals surface area contributed by atoms with Crippen molar-refractivity contribution in [3.63, 3.8) is 0 Å². The highest BCUT2D eigenvalue weighted by Crippen LogP contribution is 2.72. The minimum absolute atomic E-state index is 0.103. The summed E-state index contributed by atoms with van der Waals surface area (Å²) in [4.78, 5) is 25.7. The molecule has 0 radical (unpaired) electrons. The van der Waals surface area contributed by atoms with Crippen LogP contribution in [0.25, 0.3) is 0 Å². The highest BCUT2D eigenvalue weighted by Gasteiger charge is 2.74. The maximum Gasteiger partial charge on any atom is 0.347 e. The lowest BCUT2D eigenvalue weighted by molar-refractivity contribution is -0.0557. The zero-order valence-corrected chi connectivity index (χ0v) is 14.3. The van der Waals surface area contributed by atoms with E-state index < -0.39 is 5.54 Å². The van der Waals surface area contributed by atoms with Gasteiger partial charge < -0.3 is 0 Å². The Morgan fingerprint density at radius 3 is 2.64 bits per heavy atom. The van der Waals surface area contributed by atoms with Crippen LogP contribution < -0.4 is 11.4 Å². The third-order valence-corrected chi connectivity index (χ3v) is 7.41. The lowest BCUT2D eigenvalue weighted by Crippen LogP contribution is -2.74. The second-order valence-corrected chi connectivity index (χ2v) is 8.07. The van der Waals surface area contributed by atoms with Gasteiger partial charge in [0.15, 0.2) is 0 Å². The molecule has 5 heteroatoms. The molecule has 126 valence electrons. The molecule has 25 heavy (non-hydrogen) atoms. The molecule has 0 N–H and O–H groups in total. The second-order valence-electron chi connectivity index (χ2n) is 8.07. The van der Waals surface area contributed by atoms with Crippen LogP contribution in [0.5, 0.6) is 0 Å². The van der Waals surface area contributed by atoms with Crippen molar-refractivity contribution in [2.75, 3.05) is 0 Å². The Labute approximate surface area is 144 Å². The highest BCUT2D eigenvalue weighted by molar-refractivity contribution is 5.59. The van der Waals surface area contributed by atoms with E-state index in [1.165, 1.54) is 15.7 Å². The number of fused-ring (bicyclic) bond motifs is 1. The minimum Gasteiger partial charge on any atom is -0.246 e. The Hall–Kier alpha value is -2.56. The standard InChI is InChI=1S/C20H19N3O2/c1-18-9-8-15(22-16(24)21(2)17(25)23(18)22)19-10-7-13-5-3-4-6-14(13)20(18,19)12-11-19/h3-6,8-9,11-12,15H,7,10H2,1-2H3. The number of aromatic nitrogens is 3. The van der Waals surface area contributed by atoms with Gasteiger partial charge in [0, 0.05) is 12.5 Å². The third-order valence-electron chi connectivity index (χ3n) is 7.41. The molecule has 2 bridgehead atoms. The minimum atomic E-state index is -0.579. The topological polar surface area (TPSA) is 48.9 Å². The summed E-state index contributed by atoms with van der Waals surface area (Å²) >= 11 is 0. The molecule has 0 fully saturated rings. The van der Waals surface area contributed by atoms with Gasteiger partial charge in [0.05, 0.1) is 17.0 Å². The van der Waals surface area contributed by atoms with E-state index in [2.05, 4.69) is 55.5 Å². The maximum absolute atomic E-state index is 12.9. The van der Waals surface area contributed by atoms with Gasteiger partial charge in [-0.05, 0) is 30.9 Å². The van der Waals surface area contributed by atoms with Crippen molar-refractivity contribution in [1.82, 2.24) is 13.9 Å². The van der Waals surface area contributed by atoms with Gasteiger partial charge in [-0.15, -0.1) is 0 Å². The monoisotopic (exact) mass is 333 g/mol. The van der Waals surface area contributed by atoms with Gasteiger partial charge in [-0.1, -0.05) is 48.6 Å². The van der Waals surface area contributed by atoms with E-state index in [4.69, 9.17) is 0 Å². The van der Waals surface area contributed by atoms with Crippen LogP contribution in [-0.2, 0) is 24.4 Å². The Kier molecular flexibility index (Phi) is 2.01. The molecule has 5 aliphatic rings. The lowest BCUT2D eigenvalue weighted by atomic mass is 9.37.